The van der Waals surface area contributed by atoms with Gasteiger partial charge in [-0.05, 0) is 19.3 Å². The van der Waals surface area contributed by atoms with Crippen molar-refractivity contribution >= 4 is 11.9 Å². The first-order chi connectivity index (χ1) is 6.10. The van der Waals surface area contributed by atoms with E-state index in [1.807, 2.05) is 6.92 Å². The van der Waals surface area contributed by atoms with Crippen LogP contribution in [-0.2, 0) is 14.3 Å². The molecule has 0 radical (unpaired) electrons. The molecule has 0 aromatic heterocycles. The van der Waals surface area contributed by atoms with Gasteiger partial charge in [-0.25, -0.2) is 0 Å². The average Bonchev–Trinajstić information content (AvgIpc) is 2.45. The van der Waals surface area contributed by atoms with Gasteiger partial charge >= 0.3 is 11.9 Å². The highest BCUT2D eigenvalue weighted by atomic mass is 16.5. The largest absolute Gasteiger partial charge is 0.481 e. The normalized spacial score (nSPS) is 27.3. The maximum Gasteiger partial charge on any atom is 0.312 e. The van der Waals surface area contributed by atoms with Crippen molar-refractivity contribution in [1.29, 1.82) is 0 Å². The fraction of sp³-hybridized carbons (Fsp3) is 0.778. The van der Waals surface area contributed by atoms with E-state index in [1.165, 1.54) is 0 Å². The molecule has 1 aliphatic heterocycles. The maximum absolute atomic E-state index is 11.3. The molecule has 1 fully saturated rings. The van der Waals surface area contributed by atoms with Crippen LogP contribution in [0, 0.1) is 5.41 Å². The zero-order chi connectivity index (χ0) is 9.90. The second-order valence-electron chi connectivity index (χ2n) is 3.41. The van der Waals surface area contributed by atoms with E-state index >= 15 is 0 Å². The molecule has 4 heteroatoms. The minimum absolute atomic E-state index is 0.0446. The van der Waals surface area contributed by atoms with Crippen molar-refractivity contribution < 1.29 is 19.4 Å². The molecule has 0 bridgehead atoms. The fourth-order valence-electron chi connectivity index (χ4n) is 1.67. The molecule has 74 valence electrons. The fourth-order valence-corrected chi connectivity index (χ4v) is 1.67. The molecule has 0 saturated carbocycles. The van der Waals surface area contributed by atoms with Gasteiger partial charge < -0.3 is 9.84 Å². The van der Waals surface area contributed by atoms with Crippen molar-refractivity contribution in [3.05, 3.63) is 0 Å². The Bertz CT molecular complexity index is 224. The molecule has 0 aliphatic carbocycles. The van der Waals surface area contributed by atoms with Crippen molar-refractivity contribution in [2.75, 3.05) is 6.61 Å². The van der Waals surface area contributed by atoms with Gasteiger partial charge in [-0.15, -0.1) is 0 Å². The maximum atomic E-state index is 11.3. The number of rotatable bonds is 4. The summed E-state index contributed by atoms with van der Waals surface area (Å²) >= 11 is 0. The number of hydrogen-bond donors (Lipinski definition) is 1. The summed E-state index contributed by atoms with van der Waals surface area (Å²) in [4.78, 5) is 21.7. The van der Waals surface area contributed by atoms with Crippen LogP contribution in [0.5, 0.6) is 0 Å². The lowest BCUT2D eigenvalue weighted by Crippen LogP contribution is -2.26. The number of cyclic esters (lactones) is 1. The van der Waals surface area contributed by atoms with E-state index in [0.29, 0.717) is 25.9 Å². The Balaban J connectivity index is 2.59. The summed E-state index contributed by atoms with van der Waals surface area (Å²) in [7, 11) is 0. The van der Waals surface area contributed by atoms with Gasteiger partial charge in [0.2, 0.25) is 0 Å². The second-order valence-corrected chi connectivity index (χ2v) is 3.41. The Morgan fingerprint density at radius 2 is 2.38 bits per heavy atom. The zero-order valence-corrected chi connectivity index (χ0v) is 7.71. The van der Waals surface area contributed by atoms with Gasteiger partial charge in [0.15, 0.2) is 0 Å². The van der Waals surface area contributed by atoms with Crippen LogP contribution in [0.25, 0.3) is 0 Å². The lowest BCUT2D eigenvalue weighted by atomic mass is 9.79. The Morgan fingerprint density at radius 3 is 2.77 bits per heavy atom. The molecule has 1 rings (SSSR count). The molecule has 0 amide bonds. The highest BCUT2D eigenvalue weighted by molar-refractivity contribution is 5.79. The predicted octanol–water partition coefficient (Wildman–Crippen LogP) is 1.19. The van der Waals surface area contributed by atoms with E-state index in [4.69, 9.17) is 9.84 Å². The van der Waals surface area contributed by atoms with Gasteiger partial charge in [0, 0.05) is 6.42 Å². The van der Waals surface area contributed by atoms with Crippen LogP contribution in [0.2, 0.25) is 0 Å². The van der Waals surface area contributed by atoms with Crippen LogP contribution in [0.1, 0.15) is 32.6 Å². The van der Waals surface area contributed by atoms with Crippen LogP contribution in [0.15, 0.2) is 0 Å². The van der Waals surface area contributed by atoms with Crippen molar-refractivity contribution in [2.45, 2.75) is 32.6 Å². The number of carbonyl (C=O) groups excluding carboxylic acids is 1. The summed E-state index contributed by atoms with van der Waals surface area (Å²) < 4.78 is 4.86. The summed E-state index contributed by atoms with van der Waals surface area (Å²) in [5.41, 5.74) is -0.515. The first kappa shape index (κ1) is 10.0. The Hall–Kier alpha value is -1.06. The highest BCUT2D eigenvalue weighted by Gasteiger charge is 2.42. The van der Waals surface area contributed by atoms with Gasteiger partial charge in [-0.3, -0.25) is 9.59 Å². The molecule has 4 nitrogen and oxygen atoms in total. The molecule has 1 N–H and O–H groups in total. The smallest absolute Gasteiger partial charge is 0.312 e. The Labute approximate surface area is 76.9 Å². The van der Waals surface area contributed by atoms with E-state index in [1.54, 1.807) is 0 Å². The summed E-state index contributed by atoms with van der Waals surface area (Å²) in [5, 5.41) is 8.52. The third-order valence-electron chi connectivity index (χ3n) is 2.74. The average molecular weight is 186 g/mol. The molecule has 1 atom stereocenters. The molecule has 0 aromatic rings. The van der Waals surface area contributed by atoms with Crippen LogP contribution >= 0.6 is 0 Å². The number of carboxylic acids is 1. The summed E-state index contributed by atoms with van der Waals surface area (Å²) in [6.45, 7) is 2.33. The van der Waals surface area contributed by atoms with E-state index in [0.717, 1.165) is 0 Å². The number of aliphatic carboxylic acids is 1. The highest BCUT2D eigenvalue weighted by Crippen LogP contribution is 2.37. The van der Waals surface area contributed by atoms with E-state index < -0.39 is 11.4 Å². The molecule has 1 aliphatic rings. The monoisotopic (exact) mass is 186 g/mol. The topological polar surface area (TPSA) is 63.6 Å². The summed E-state index contributed by atoms with van der Waals surface area (Å²) in [5.74, 6) is -1.08. The molecular weight excluding hydrogens is 172 g/mol. The van der Waals surface area contributed by atoms with Gasteiger partial charge in [0.1, 0.15) is 0 Å². The summed E-state index contributed by atoms with van der Waals surface area (Å²) in [6, 6.07) is 0. The molecule has 0 unspecified atom stereocenters. The number of esters is 1. The lowest BCUT2D eigenvalue weighted by molar-refractivity contribution is -0.147. The predicted molar refractivity (Wildman–Crippen MR) is 45.2 cm³/mol. The second kappa shape index (κ2) is 3.77. The van der Waals surface area contributed by atoms with Crippen molar-refractivity contribution in [3.63, 3.8) is 0 Å². The third-order valence-corrected chi connectivity index (χ3v) is 2.74. The van der Waals surface area contributed by atoms with Crippen LogP contribution in [0.4, 0.5) is 0 Å². The SMILES string of the molecule is CC[C@@]1(CCC(=O)O)CCOC1=O. The molecule has 13 heavy (non-hydrogen) atoms. The summed E-state index contributed by atoms with van der Waals surface area (Å²) in [6.07, 6.45) is 1.77. The van der Waals surface area contributed by atoms with Crippen LogP contribution < -0.4 is 0 Å². The van der Waals surface area contributed by atoms with Gasteiger partial charge in [-0.2, -0.15) is 0 Å². The number of hydrogen-bond acceptors (Lipinski definition) is 3. The van der Waals surface area contributed by atoms with Gasteiger partial charge in [0.05, 0.1) is 12.0 Å². The van der Waals surface area contributed by atoms with Crippen LogP contribution in [0.3, 0.4) is 0 Å². The first-order valence-electron chi connectivity index (χ1n) is 4.50. The first-order valence-corrected chi connectivity index (χ1v) is 4.50. The van der Waals surface area contributed by atoms with Crippen molar-refractivity contribution in [2.24, 2.45) is 5.41 Å². The zero-order valence-electron chi connectivity index (χ0n) is 7.71. The van der Waals surface area contributed by atoms with Gasteiger partial charge in [-0.1, -0.05) is 6.92 Å². The van der Waals surface area contributed by atoms with Crippen molar-refractivity contribution in [3.8, 4) is 0 Å². The van der Waals surface area contributed by atoms with Crippen molar-refractivity contribution in [1.82, 2.24) is 0 Å². The number of carboxylic acid groups (broad SMARTS) is 1. The number of carbonyl (C=O) groups is 2. The molecule has 1 saturated heterocycles. The van der Waals surface area contributed by atoms with Gasteiger partial charge in [0.25, 0.3) is 0 Å². The van der Waals surface area contributed by atoms with Crippen LogP contribution in [-0.4, -0.2) is 23.7 Å². The molecule has 0 aromatic carbocycles. The van der Waals surface area contributed by atoms with E-state index in [-0.39, 0.29) is 12.4 Å². The Morgan fingerprint density at radius 1 is 1.69 bits per heavy atom. The minimum Gasteiger partial charge on any atom is -0.481 e. The van der Waals surface area contributed by atoms with E-state index in [9.17, 15) is 9.59 Å². The molecule has 1 heterocycles. The quantitative estimate of drug-likeness (QED) is 0.670. The van der Waals surface area contributed by atoms with E-state index in [2.05, 4.69) is 0 Å². The Kier molecular flexibility index (Phi) is 2.90. The standard InChI is InChI=1S/C9H14O4/c1-2-9(4-3-7(10)11)5-6-13-8(9)12/h2-6H2,1H3,(H,10,11)/t9-/m1/s1. The minimum atomic E-state index is -0.854. The third kappa shape index (κ3) is 1.99. The number of ether oxygens (including phenoxy) is 1. The molecular formula is C9H14O4. The molecule has 0 spiro atoms. The lowest BCUT2D eigenvalue weighted by Gasteiger charge is -2.21.